The van der Waals surface area contributed by atoms with Crippen molar-refractivity contribution in [3.05, 3.63) is 29.3 Å². The monoisotopic (exact) mass is 395 g/mol. The number of likely N-dealkylation sites (tertiary alicyclic amines) is 1. The van der Waals surface area contributed by atoms with Gasteiger partial charge in [0.05, 0.1) is 17.5 Å². The molecule has 2 aliphatic heterocycles. The topological polar surface area (TPSA) is 76.8 Å². The molecule has 3 N–H and O–H groups in total. The second-order valence-electron chi connectivity index (χ2n) is 7.40. The molecule has 2 fully saturated rings. The quantitative estimate of drug-likeness (QED) is 0.721. The van der Waals surface area contributed by atoms with Gasteiger partial charge in [0.25, 0.3) is 0 Å². The number of nitrogens with two attached hydrogens (primary N) is 1. The number of para-hydroxylation sites is 1. The first-order chi connectivity index (χ1) is 13.1. The summed E-state index contributed by atoms with van der Waals surface area (Å²) in [6, 6.07) is 7.95. The molecule has 2 aliphatic rings. The van der Waals surface area contributed by atoms with Crippen LogP contribution in [-0.2, 0) is 9.53 Å². The molecule has 1 amide bonds. The van der Waals surface area contributed by atoms with Crippen molar-refractivity contribution in [3.63, 3.8) is 0 Å². The molecule has 2 saturated heterocycles. The highest BCUT2D eigenvalue weighted by atomic mass is 35.5. The Balaban J connectivity index is 1.46. The van der Waals surface area contributed by atoms with Gasteiger partial charge >= 0.3 is 0 Å². The Bertz CT molecular complexity index is 610. The SMILES string of the molecule is N[C@H]1CC[C@@H](C(=O)NCCOc2ccccc2Cl)CN(C2CCOCC2)C1. The lowest BCUT2D eigenvalue weighted by Gasteiger charge is -2.35. The molecule has 0 aromatic heterocycles. The normalized spacial score (nSPS) is 25.0. The largest absolute Gasteiger partial charge is 0.490 e. The van der Waals surface area contributed by atoms with Gasteiger partial charge in [-0.2, -0.15) is 0 Å². The van der Waals surface area contributed by atoms with E-state index in [1.54, 1.807) is 6.07 Å². The molecule has 3 rings (SSSR count). The number of amides is 1. The zero-order chi connectivity index (χ0) is 19.1. The summed E-state index contributed by atoms with van der Waals surface area (Å²) in [7, 11) is 0. The average Bonchev–Trinajstić information content (AvgIpc) is 2.89. The van der Waals surface area contributed by atoms with E-state index in [0.29, 0.717) is 30.0 Å². The summed E-state index contributed by atoms with van der Waals surface area (Å²) in [5, 5.41) is 3.59. The molecule has 27 heavy (non-hydrogen) atoms. The Morgan fingerprint density at radius 2 is 2.00 bits per heavy atom. The van der Waals surface area contributed by atoms with Crippen LogP contribution in [0.3, 0.4) is 0 Å². The van der Waals surface area contributed by atoms with Crippen LogP contribution in [0.1, 0.15) is 25.7 Å². The van der Waals surface area contributed by atoms with Crippen molar-refractivity contribution in [2.45, 2.75) is 37.8 Å². The minimum atomic E-state index is -0.0262. The molecule has 7 heteroatoms. The van der Waals surface area contributed by atoms with Gasteiger partial charge in [-0.15, -0.1) is 0 Å². The molecule has 2 atom stereocenters. The summed E-state index contributed by atoms with van der Waals surface area (Å²) < 4.78 is 11.1. The third kappa shape index (κ3) is 6.07. The third-order valence-corrected chi connectivity index (χ3v) is 5.70. The van der Waals surface area contributed by atoms with E-state index in [-0.39, 0.29) is 17.9 Å². The smallest absolute Gasteiger partial charge is 0.224 e. The van der Waals surface area contributed by atoms with Crippen LogP contribution in [0.5, 0.6) is 5.75 Å². The first-order valence-electron chi connectivity index (χ1n) is 9.86. The van der Waals surface area contributed by atoms with Crippen LogP contribution in [0.15, 0.2) is 24.3 Å². The van der Waals surface area contributed by atoms with Gasteiger partial charge in [0.2, 0.25) is 5.91 Å². The zero-order valence-electron chi connectivity index (χ0n) is 15.7. The van der Waals surface area contributed by atoms with Crippen molar-refractivity contribution < 1.29 is 14.3 Å². The first kappa shape index (κ1) is 20.4. The van der Waals surface area contributed by atoms with E-state index in [1.165, 1.54) is 0 Å². The highest BCUT2D eigenvalue weighted by Crippen LogP contribution is 2.24. The Hall–Kier alpha value is -1.34. The fourth-order valence-corrected chi connectivity index (χ4v) is 4.05. The number of ether oxygens (including phenoxy) is 2. The zero-order valence-corrected chi connectivity index (χ0v) is 16.5. The summed E-state index contributed by atoms with van der Waals surface area (Å²) in [5.74, 6) is 0.699. The van der Waals surface area contributed by atoms with Crippen molar-refractivity contribution in [2.75, 3.05) is 39.5 Å². The summed E-state index contributed by atoms with van der Waals surface area (Å²) in [4.78, 5) is 15.1. The van der Waals surface area contributed by atoms with E-state index in [1.807, 2.05) is 18.2 Å². The van der Waals surface area contributed by atoms with Gasteiger partial charge in [-0.3, -0.25) is 9.69 Å². The van der Waals surface area contributed by atoms with E-state index in [9.17, 15) is 4.79 Å². The maximum Gasteiger partial charge on any atom is 0.224 e. The maximum atomic E-state index is 12.7. The summed E-state index contributed by atoms with van der Waals surface area (Å²) >= 11 is 6.07. The van der Waals surface area contributed by atoms with Crippen LogP contribution in [0.4, 0.5) is 0 Å². The van der Waals surface area contributed by atoms with Gasteiger partial charge in [0, 0.05) is 38.4 Å². The molecule has 150 valence electrons. The van der Waals surface area contributed by atoms with Crippen molar-refractivity contribution in [2.24, 2.45) is 11.7 Å². The molecule has 0 radical (unpaired) electrons. The fraction of sp³-hybridized carbons (Fsp3) is 0.650. The van der Waals surface area contributed by atoms with Gasteiger partial charge in [-0.1, -0.05) is 23.7 Å². The lowest BCUT2D eigenvalue weighted by Crippen LogP contribution is -2.47. The number of hydrogen-bond donors (Lipinski definition) is 2. The molecular formula is C20H30ClN3O3. The molecular weight excluding hydrogens is 366 g/mol. The minimum absolute atomic E-state index is 0.0262. The molecule has 0 spiro atoms. The highest BCUT2D eigenvalue weighted by Gasteiger charge is 2.31. The van der Waals surface area contributed by atoms with Crippen molar-refractivity contribution in [3.8, 4) is 5.75 Å². The van der Waals surface area contributed by atoms with Gasteiger partial charge in [-0.05, 0) is 37.8 Å². The summed E-state index contributed by atoms with van der Waals surface area (Å²) in [6.45, 7) is 4.09. The van der Waals surface area contributed by atoms with E-state index in [0.717, 1.165) is 52.0 Å². The van der Waals surface area contributed by atoms with Crippen LogP contribution < -0.4 is 15.8 Å². The summed E-state index contributed by atoms with van der Waals surface area (Å²) in [6.07, 6.45) is 3.76. The van der Waals surface area contributed by atoms with E-state index >= 15 is 0 Å². The molecule has 1 aromatic rings. The second-order valence-corrected chi connectivity index (χ2v) is 7.81. The molecule has 1 aromatic carbocycles. The van der Waals surface area contributed by atoms with E-state index < -0.39 is 0 Å². The Kier molecular flexibility index (Phi) is 7.76. The average molecular weight is 396 g/mol. The number of halogens is 1. The van der Waals surface area contributed by atoms with Gasteiger partial charge in [0.1, 0.15) is 12.4 Å². The fourth-order valence-electron chi connectivity index (χ4n) is 3.86. The number of rotatable bonds is 6. The van der Waals surface area contributed by atoms with Crippen molar-refractivity contribution >= 4 is 17.5 Å². The standard InChI is InChI=1S/C20H30ClN3O3/c21-18-3-1-2-4-19(18)27-12-9-23-20(25)15-5-6-16(22)14-24(13-15)17-7-10-26-11-8-17/h1-4,15-17H,5-14,22H2,(H,23,25)/t15-,16+/m1/s1. The molecule has 0 unspecified atom stereocenters. The van der Waals surface area contributed by atoms with Gasteiger partial charge < -0.3 is 20.5 Å². The number of nitrogens with one attached hydrogen (secondary N) is 1. The number of benzene rings is 1. The van der Waals surface area contributed by atoms with Crippen LogP contribution in [-0.4, -0.2) is 62.3 Å². The molecule has 0 aliphatic carbocycles. The first-order valence-corrected chi connectivity index (χ1v) is 10.2. The number of carbonyl (C=O) groups is 1. The Morgan fingerprint density at radius 3 is 2.78 bits per heavy atom. The summed E-state index contributed by atoms with van der Waals surface area (Å²) in [5.41, 5.74) is 6.26. The Labute approximate surface area is 166 Å². The Morgan fingerprint density at radius 1 is 1.22 bits per heavy atom. The second kappa shape index (κ2) is 10.3. The lowest BCUT2D eigenvalue weighted by atomic mass is 10.0. The minimum Gasteiger partial charge on any atom is -0.490 e. The van der Waals surface area contributed by atoms with Gasteiger partial charge in [0.15, 0.2) is 0 Å². The highest BCUT2D eigenvalue weighted by molar-refractivity contribution is 6.32. The predicted octanol–water partition coefficient (Wildman–Crippen LogP) is 2.05. The number of nitrogens with zero attached hydrogens (tertiary/aromatic N) is 1. The molecule has 6 nitrogen and oxygen atoms in total. The van der Waals surface area contributed by atoms with Crippen molar-refractivity contribution in [1.82, 2.24) is 10.2 Å². The van der Waals surface area contributed by atoms with Gasteiger partial charge in [-0.25, -0.2) is 0 Å². The van der Waals surface area contributed by atoms with Crippen LogP contribution in [0.2, 0.25) is 5.02 Å². The van der Waals surface area contributed by atoms with Crippen LogP contribution >= 0.6 is 11.6 Å². The third-order valence-electron chi connectivity index (χ3n) is 5.38. The van der Waals surface area contributed by atoms with Crippen molar-refractivity contribution in [1.29, 1.82) is 0 Å². The number of hydrogen-bond acceptors (Lipinski definition) is 5. The number of carbonyl (C=O) groups excluding carboxylic acids is 1. The maximum absolute atomic E-state index is 12.7. The molecule has 0 saturated carbocycles. The van der Waals surface area contributed by atoms with Crippen LogP contribution in [0.25, 0.3) is 0 Å². The lowest BCUT2D eigenvalue weighted by molar-refractivity contribution is -0.126. The molecule has 0 bridgehead atoms. The molecule has 2 heterocycles. The predicted molar refractivity (Wildman–Crippen MR) is 106 cm³/mol. The van der Waals surface area contributed by atoms with E-state index in [2.05, 4.69) is 10.2 Å². The van der Waals surface area contributed by atoms with Crippen LogP contribution in [0, 0.1) is 5.92 Å². The van der Waals surface area contributed by atoms with E-state index in [4.69, 9.17) is 26.8 Å².